The summed E-state index contributed by atoms with van der Waals surface area (Å²) in [5.41, 5.74) is 3.22. The predicted octanol–water partition coefficient (Wildman–Crippen LogP) is 3.03. The smallest absolute Gasteiger partial charge is 0.0624 e. The third kappa shape index (κ3) is 2.65. The van der Waals surface area contributed by atoms with E-state index in [0.717, 1.165) is 31.3 Å². The van der Waals surface area contributed by atoms with Crippen LogP contribution in [0.15, 0.2) is 6.07 Å². The van der Waals surface area contributed by atoms with Crippen molar-refractivity contribution in [2.24, 2.45) is 17.3 Å². The van der Waals surface area contributed by atoms with Crippen LogP contribution in [0.2, 0.25) is 0 Å². The van der Waals surface area contributed by atoms with Crippen molar-refractivity contribution in [2.45, 2.75) is 59.4 Å². The van der Waals surface area contributed by atoms with E-state index in [1.807, 2.05) is 0 Å². The first-order valence-corrected chi connectivity index (χ1v) is 8.46. The molecule has 1 aromatic rings. The highest BCUT2D eigenvalue weighted by molar-refractivity contribution is 5.16. The van der Waals surface area contributed by atoms with Crippen LogP contribution in [0.4, 0.5) is 0 Å². The summed E-state index contributed by atoms with van der Waals surface area (Å²) < 4.78 is 2.23. The molecule has 2 fully saturated rings. The van der Waals surface area contributed by atoms with Crippen LogP contribution in [-0.2, 0) is 19.4 Å². The highest BCUT2D eigenvalue weighted by Gasteiger charge is 2.53. The Bertz CT molecular complexity index is 453. The summed E-state index contributed by atoms with van der Waals surface area (Å²) in [5.74, 6) is 2.08. The fourth-order valence-electron chi connectivity index (χ4n) is 4.24. The summed E-state index contributed by atoms with van der Waals surface area (Å²) in [6.45, 7) is 9.90. The molecule has 2 saturated carbocycles. The van der Waals surface area contributed by atoms with Crippen molar-refractivity contribution in [3.05, 3.63) is 17.5 Å². The van der Waals surface area contributed by atoms with Crippen LogP contribution in [0.5, 0.6) is 0 Å². The van der Waals surface area contributed by atoms with E-state index in [9.17, 15) is 0 Å². The number of aryl methyl sites for hydroxylation is 2. The molecular weight excluding hydrogens is 246 g/mol. The van der Waals surface area contributed by atoms with Crippen LogP contribution in [0.25, 0.3) is 0 Å². The highest BCUT2D eigenvalue weighted by Crippen LogP contribution is 2.60. The minimum atomic E-state index is 0.502. The second kappa shape index (κ2) is 5.51. The molecule has 2 unspecified atom stereocenters. The second-order valence-electron chi connectivity index (χ2n) is 6.92. The Morgan fingerprint density at radius 2 is 2.05 bits per heavy atom. The fraction of sp³-hybridized carbons (Fsp3) is 0.824. The minimum absolute atomic E-state index is 0.502. The van der Waals surface area contributed by atoms with Crippen LogP contribution in [0, 0.1) is 17.3 Å². The lowest BCUT2D eigenvalue weighted by Gasteiger charge is -2.31. The molecular formula is C17H29N3. The van der Waals surface area contributed by atoms with Crippen LogP contribution in [-0.4, -0.2) is 22.9 Å². The zero-order chi connectivity index (χ0) is 14.2. The molecule has 0 bridgehead atoms. The summed E-state index contributed by atoms with van der Waals surface area (Å²) in [5, 5.41) is 8.35. The van der Waals surface area contributed by atoms with E-state index in [0.29, 0.717) is 5.41 Å². The molecule has 2 atom stereocenters. The first-order chi connectivity index (χ1) is 9.69. The molecule has 3 heteroatoms. The van der Waals surface area contributed by atoms with Gasteiger partial charge in [0.15, 0.2) is 0 Å². The Kier molecular flexibility index (Phi) is 3.89. The number of hydrogen-bond acceptors (Lipinski definition) is 2. The standard InChI is InChI=1S/C17H29N3/c1-4-15-8-16(20(6-3)19-15)11-17(12-18-5-2)9-13-7-14(13)10-17/h8,13-14,18H,4-7,9-12H2,1-3H3. The minimum Gasteiger partial charge on any atom is -0.316 e. The molecule has 112 valence electrons. The summed E-state index contributed by atoms with van der Waals surface area (Å²) >= 11 is 0. The van der Waals surface area contributed by atoms with E-state index in [1.54, 1.807) is 0 Å². The van der Waals surface area contributed by atoms with Crippen molar-refractivity contribution < 1.29 is 0 Å². The predicted molar refractivity (Wildman–Crippen MR) is 82.8 cm³/mol. The summed E-state index contributed by atoms with van der Waals surface area (Å²) in [4.78, 5) is 0. The van der Waals surface area contributed by atoms with Crippen LogP contribution in [0.3, 0.4) is 0 Å². The maximum absolute atomic E-state index is 4.73. The van der Waals surface area contributed by atoms with Gasteiger partial charge in [0.05, 0.1) is 5.69 Å². The molecule has 2 aliphatic carbocycles. The summed E-state index contributed by atoms with van der Waals surface area (Å²) in [6, 6.07) is 2.35. The molecule has 0 amide bonds. The van der Waals surface area contributed by atoms with Gasteiger partial charge in [-0.05, 0) is 68.9 Å². The van der Waals surface area contributed by atoms with Gasteiger partial charge in [0, 0.05) is 18.8 Å². The van der Waals surface area contributed by atoms with Crippen LogP contribution in [0.1, 0.15) is 51.4 Å². The fourth-order valence-corrected chi connectivity index (χ4v) is 4.24. The number of nitrogens with one attached hydrogen (secondary N) is 1. The van der Waals surface area contributed by atoms with Gasteiger partial charge in [-0.1, -0.05) is 13.8 Å². The van der Waals surface area contributed by atoms with Gasteiger partial charge in [0.1, 0.15) is 0 Å². The van der Waals surface area contributed by atoms with E-state index >= 15 is 0 Å². The van der Waals surface area contributed by atoms with E-state index in [2.05, 4.69) is 36.8 Å². The zero-order valence-electron chi connectivity index (χ0n) is 13.3. The number of fused-ring (bicyclic) bond motifs is 1. The molecule has 1 heterocycles. The number of nitrogens with zero attached hydrogens (tertiary/aromatic N) is 2. The molecule has 1 aromatic heterocycles. The molecule has 3 rings (SSSR count). The van der Waals surface area contributed by atoms with Crippen molar-refractivity contribution in [1.29, 1.82) is 0 Å². The first kappa shape index (κ1) is 14.1. The third-order valence-corrected chi connectivity index (χ3v) is 5.34. The average Bonchev–Trinajstić information content (AvgIpc) is 2.90. The molecule has 2 aliphatic rings. The highest BCUT2D eigenvalue weighted by atomic mass is 15.3. The monoisotopic (exact) mass is 275 g/mol. The Labute approximate surface area is 123 Å². The third-order valence-electron chi connectivity index (χ3n) is 5.34. The molecule has 0 saturated heterocycles. The van der Waals surface area contributed by atoms with Gasteiger partial charge in [-0.25, -0.2) is 0 Å². The largest absolute Gasteiger partial charge is 0.316 e. The lowest BCUT2D eigenvalue weighted by Crippen LogP contribution is -2.35. The molecule has 20 heavy (non-hydrogen) atoms. The van der Waals surface area contributed by atoms with E-state index in [1.165, 1.54) is 43.6 Å². The Balaban J connectivity index is 1.77. The van der Waals surface area contributed by atoms with Crippen molar-refractivity contribution in [3.63, 3.8) is 0 Å². The SMILES string of the molecule is CCNCC1(Cc2cc(CC)nn2CC)CC2CC2C1. The maximum atomic E-state index is 4.73. The van der Waals surface area contributed by atoms with E-state index < -0.39 is 0 Å². The Hall–Kier alpha value is -0.830. The topological polar surface area (TPSA) is 29.9 Å². The quantitative estimate of drug-likeness (QED) is 0.829. The first-order valence-electron chi connectivity index (χ1n) is 8.46. The average molecular weight is 275 g/mol. The number of rotatable bonds is 7. The molecule has 3 nitrogen and oxygen atoms in total. The van der Waals surface area contributed by atoms with E-state index in [-0.39, 0.29) is 0 Å². The second-order valence-corrected chi connectivity index (χ2v) is 6.92. The Morgan fingerprint density at radius 1 is 1.30 bits per heavy atom. The molecule has 1 N–H and O–H groups in total. The molecule has 0 aromatic carbocycles. The van der Waals surface area contributed by atoms with Gasteiger partial charge < -0.3 is 5.32 Å². The summed E-state index contributed by atoms with van der Waals surface area (Å²) in [6.07, 6.45) is 6.63. The van der Waals surface area contributed by atoms with Crippen molar-refractivity contribution in [1.82, 2.24) is 15.1 Å². The lowest BCUT2D eigenvalue weighted by molar-refractivity contribution is 0.244. The normalized spacial score (nSPS) is 31.6. The van der Waals surface area contributed by atoms with Crippen molar-refractivity contribution in [3.8, 4) is 0 Å². The lowest BCUT2D eigenvalue weighted by atomic mass is 9.78. The van der Waals surface area contributed by atoms with Crippen LogP contribution < -0.4 is 5.32 Å². The summed E-state index contributed by atoms with van der Waals surface area (Å²) in [7, 11) is 0. The van der Waals surface area contributed by atoms with Crippen LogP contribution >= 0.6 is 0 Å². The van der Waals surface area contributed by atoms with Gasteiger partial charge in [0.2, 0.25) is 0 Å². The zero-order valence-corrected chi connectivity index (χ0v) is 13.3. The number of hydrogen-bond donors (Lipinski definition) is 1. The maximum Gasteiger partial charge on any atom is 0.0624 e. The van der Waals surface area contributed by atoms with Gasteiger partial charge in [-0.2, -0.15) is 5.10 Å². The Morgan fingerprint density at radius 3 is 2.65 bits per heavy atom. The van der Waals surface area contributed by atoms with Gasteiger partial charge >= 0.3 is 0 Å². The number of aromatic nitrogens is 2. The van der Waals surface area contributed by atoms with Gasteiger partial charge in [-0.15, -0.1) is 0 Å². The molecule has 0 spiro atoms. The molecule has 0 radical (unpaired) electrons. The van der Waals surface area contributed by atoms with Crippen molar-refractivity contribution in [2.75, 3.05) is 13.1 Å². The van der Waals surface area contributed by atoms with Crippen molar-refractivity contribution >= 4 is 0 Å². The van der Waals surface area contributed by atoms with Gasteiger partial charge in [-0.3, -0.25) is 4.68 Å². The van der Waals surface area contributed by atoms with E-state index in [4.69, 9.17) is 5.10 Å². The van der Waals surface area contributed by atoms with Gasteiger partial charge in [0.25, 0.3) is 0 Å². The molecule has 0 aliphatic heterocycles.